The number of halogens is 1. The van der Waals surface area contributed by atoms with Gasteiger partial charge in [0.2, 0.25) is 0 Å². The largest absolute Gasteiger partial charge is 0.494 e. The van der Waals surface area contributed by atoms with Crippen molar-refractivity contribution in [2.24, 2.45) is 0 Å². The third-order valence-electron chi connectivity index (χ3n) is 2.52. The molecular weight excluding hydrogens is 223 g/mol. The number of rotatable bonds is 3. The van der Waals surface area contributed by atoms with Crippen LogP contribution in [0.1, 0.15) is 23.2 Å². The molecule has 1 N–H and O–H groups in total. The number of aliphatic hydroxyl groups excluding tert-OH is 1. The first-order valence-electron chi connectivity index (χ1n) is 5.19. The van der Waals surface area contributed by atoms with E-state index in [4.69, 9.17) is 9.15 Å². The molecule has 1 aromatic heterocycles. The van der Waals surface area contributed by atoms with Crippen molar-refractivity contribution in [3.05, 3.63) is 53.2 Å². The van der Waals surface area contributed by atoms with E-state index < -0.39 is 11.9 Å². The van der Waals surface area contributed by atoms with Gasteiger partial charge in [0.1, 0.15) is 17.6 Å². The lowest BCUT2D eigenvalue weighted by atomic mass is 10.1. The normalized spacial score (nSPS) is 12.5. The highest BCUT2D eigenvalue weighted by molar-refractivity contribution is 5.33. The summed E-state index contributed by atoms with van der Waals surface area (Å²) in [5.74, 6) is 0.740. The zero-order valence-electron chi connectivity index (χ0n) is 9.61. The van der Waals surface area contributed by atoms with Crippen molar-refractivity contribution in [1.82, 2.24) is 0 Å². The second kappa shape index (κ2) is 4.59. The number of methoxy groups -OCH3 is 1. The molecule has 0 aliphatic carbocycles. The van der Waals surface area contributed by atoms with Crippen molar-refractivity contribution < 1.29 is 18.7 Å². The summed E-state index contributed by atoms with van der Waals surface area (Å²) in [7, 11) is 1.39. The van der Waals surface area contributed by atoms with Crippen LogP contribution in [0.4, 0.5) is 4.39 Å². The molecule has 17 heavy (non-hydrogen) atoms. The molecule has 1 atom stereocenters. The number of aryl methyl sites for hydroxylation is 1. The van der Waals surface area contributed by atoms with Crippen molar-refractivity contribution in [3.8, 4) is 5.75 Å². The van der Waals surface area contributed by atoms with Crippen LogP contribution in [0, 0.1) is 12.7 Å². The Morgan fingerprint density at radius 2 is 2.06 bits per heavy atom. The molecule has 0 saturated carbocycles. The number of benzene rings is 1. The fourth-order valence-corrected chi connectivity index (χ4v) is 1.62. The first-order valence-corrected chi connectivity index (χ1v) is 5.19. The van der Waals surface area contributed by atoms with E-state index in [9.17, 15) is 9.50 Å². The van der Waals surface area contributed by atoms with Gasteiger partial charge in [-0.1, -0.05) is 6.07 Å². The number of ether oxygens (including phenoxy) is 1. The lowest BCUT2D eigenvalue weighted by molar-refractivity contribution is 0.187. The number of furan rings is 1. The Morgan fingerprint density at radius 1 is 1.29 bits per heavy atom. The number of aliphatic hydroxyl groups is 1. The van der Waals surface area contributed by atoms with Gasteiger partial charge >= 0.3 is 0 Å². The Bertz CT molecular complexity index is 519. The van der Waals surface area contributed by atoms with E-state index in [1.165, 1.54) is 19.2 Å². The molecule has 1 heterocycles. The van der Waals surface area contributed by atoms with Crippen molar-refractivity contribution in [1.29, 1.82) is 0 Å². The lowest BCUT2D eigenvalue weighted by Crippen LogP contribution is -1.99. The molecule has 2 rings (SSSR count). The molecule has 0 aliphatic heterocycles. The van der Waals surface area contributed by atoms with E-state index in [2.05, 4.69) is 0 Å². The molecule has 0 spiro atoms. The maximum atomic E-state index is 13.5. The van der Waals surface area contributed by atoms with Crippen LogP contribution < -0.4 is 4.74 Å². The van der Waals surface area contributed by atoms with Crippen molar-refractivity contribution in [2.75, 3.05) is 7.11 Å². The summed E-state index contributed by atoms with van der Waals surface area (Å²) >= 11 is 0. The zero-order valence-corrected chi connectivity index (χ0v) is 9.61. The van der Waals surface area contributed by atoms with Crippen LogP contribution >= 0.6 is 0 Å². The lowest BCUT2D eigenvalue weighted by Gasteiger charge is -2.09. The van der Waals surface area contributed by atoms with E-state index >= 15 is 0 Å². The second-order valence-electron chi connectivity index (χ2n) is 3.74. The molecule has 1 aromatic carbocycles. The average molecular weight is 236 g/mol. The van der Waals surface area contributed by atoms with Gasteiger partial charge in [0.25, 0.3) is 0 Å². The zero-order chi connectivity index (χ0) is 12.4. The van der Waals surface area contributed by atoms with Gasteiger partial charge in [-0.2, -0.15) is 0 Å². The maximum absolute atomic E-state index is 13.5. The van der Waals surface area contributed by atoms with Crippen molar-refractivity contribution in [3.63, 3.8) is 0 Å². The van der Waals surface area contributed by atoms with Crippen molar-refractivity contribution in [2.45, 2.75) is 13.0 Å². The summed E-state index contributed by atoms with van der Waals surface area (Å²) in [6, 6.07) is 7.73. The van der Waals surface area contributed by atoms with Gasteiger partial charge in [-0.25, -0.2) is 4.39 Å². The Balaban J connectivity index is 2.31. The minimum atomic E-state index is -0.968. The standard InChI is InChI=1S/C13H13FO3/c1-8-3-5-12(17-8)13(15)9-4-6-11(16-2)10(14)7-9/h3-7,13,15H,1-2H3/t13-/m0/s1. The third-order valence-corrected chi connectivity index (χ3v) is 2.52. The van der Waals surface area contributed by atoms with E-state index in [1.54, 1.807) is 25.1 Å². The quantitative estimate of drug-likeness (QED) is 0.891. The fraction of sp³-hybridized carbons (Fsp3) is 0.231. The van der Waals surface area contributed by atoms with E-state index in [0.717, 1.165) is 0 Å². The van der Waals surface area contributed by atoms with Crippen LogP contribution in [0.25, 0.3) is 0 Å². The Morgan fingerprint density at radius 3 is 2.59 bits per heavy atom. The fourth-order valence-electron chi connectivity index (χ4n) is 1.62. The molecule has 0 saturated heterocycles. The molecule has 4 heteroatoms. The average Bonchev–Trinajstić information content (AvgIpc) is 2.75. The van der Waals surface area contributed by atoms with Gasteiger partial charge in [0.05, 0.1) is 7.11 Å². The van der Waals surface area contributed by atoms with Gasteiger partial charge in [-0.15, -0.1) is 0 Å². The maximum Gasteiger partial charge on any atom is 0.165 e. The highest BCUT2D eigenvalue weighted by atomic mass is 19.1. The predicted molar refractivity (Wildman–Crippen MR) is 60.5 cm³/mol. The van der Waals surface area contributed by atoms with Crippen LogP contribution in [0.5, 0.6) is 5.75 Å². The van der Waals surface area contributed by atoms with Crippen molar-refractivity contribution >= 4 is 0 Å². The summed E-state index contributed by atoms with van der Waals surface area (Å²) in [6.07, 6.45) is -0.968. The number of hydrogen-bond donors (Lipinski definition) is 1. The topological polar surface area (TPSA) is 42.6 Å². The molecule has 90 valence electrons. The Hall–Kier alpha value is -1.81. The molecular formula is C13H13FO3. The van der Waals surface area contributed by atoms with Gasteiger partial charge < -0.3 is 14.3 Å². The van der Waals surface area contributed by atoms with E-state index in [1.807, 2.05) is 0 Å². The first kappa shape index (κ1) is 11.7. The minimum absolute atomic E-state index is 0.150. The summed E-state index contributed by atoms with van der Waals surface area (Å²) < 4.78 is 23.6. The third kappa shape index (κ3) is 2.31. The van der Waals surface area contributed by atoms with Crippen LogP contribution in [-0.4, -0.2) is 12.2 Å². The minimum Gasteiger partial charge on any atom is -0.494 e. The Kier molecular flexibility index (Phi) is 3.15. The molecule has 0 aliphatic rings. The van der Waals surface area contributed by atoms with Crippen LogP contribution in [-0.2, 0) is 0 Å². The predicted octanol–water partition coefficient (Wildman–Crippen LogP) is 2.82. The summed E-state index contributed by atoms with van der Waals surface area (Å²) in [5, 5.41) is 9.99. The molecule has 0 unspecified atom stereocenters. The van der Waals surface area contributed by atoms with E-state index in [-0.39, 0.29) is 5.75 Å². The molecule has 3 nitrogen and oxygen atoms in total. The number of hydrogen-bond acceptors (Lipinski definition) is 3. The van der Waals surface area contributed by atoms with Crippen LogP contribution in [0.2, 0.25) is 0 Å². The van der Waals surface area contributed by atoms with Crippen LogP contribution in [0.3, 0.4) is 0 Å². The van der Waals surface area contributed by atoms with Gasteiger partial charge in [-0.05, 0) is 36.8 Å². The summed E-state index contributed by atoms with van der Waals surface area (Å²) in [4.78, 5) is 0. The summed E-state index contributed by atoms with van der Waals surface area (Å²) in [5.41, 5.74) is 0.428. The SMILES string of the molecule is COc1ccc([C@H](O)c2ccc(C)o2)cc1F. The van der Waals surface area contributed by atoms with Gasteiger partial charge in [-0.3, -0.25) is 0 Å². The van der Waals surface area contributed by atoms with E-state index in [0.29, 0.717) is 17.1 Å². The first-order chi connectivity index (χ1) is 8.11. The second-order valence-corrected chi connectivity index (χ2v) is 3.74. The smallest absolute Gasteiger partial charge is 0.165 e. The molecule has 2 aromatic rings. The molecule has 0 bridgehead atoms. The highest BCUT2D eigenvalue weighted by Gasteiger charge is 2.16. The molecule has 0 amide bonds. The van der Waals surface area contributed by atoms with Crippen LogP contribution in [0.15, 0.2) is 34.7 Å². The summed E-state index contributed by atoms with van der Waals surface area (Å²) in [6.45, 7) is 1.78. The molecule has 0 radical (unpaired) electrons. The highest BCUT2D eigenvalue weighted by Crippen LogP contribution is 2.27. The Labute approximate surface area is 98.5 Å². The van der Waals surface area contributed by atoms with Gasteiger partial charge in [0.15, 0.2) is 11.6 Å². The molecule has 0 fully saturated rings. The van der Waals surface area contributed by atoms with Gasteiger partial charge in [0, 0.05) is 0 Å². The monoisotopic (exact) mass is 236 g/mol.